The average molecular weight is 406 g/mol. The molecule has 2 heterocycles. The van der Waals surface area contributed by atoms with Crippen LogP contribution < -0.4 is 10.5 Å². The van der Waals surface area contributed by atoms with Gasteiger partial charge >= 0.3 is 6.03 Å². The van der Waals surface area contributed by atoms with Gasteiger partial charge in [0, 0.05) is 17.7 Å². The van der Waals surface area contributed by atoms with E-state index in [1.807, 2.05) is 43.3 Å². The van der Waals surface area contributed by atoms with Crippen molar-refractivity contribution in [3.05, 3.63) is 48.0 Å². The molecule has 4 rings (SSSR count). The van der Waals surface area contributed by atoms with Crippen molar-refractivity contribution in [1.82, 2.24) is 25.5 Å². The maximum Gasteiger partial charge on any atom is 0.315 e. The van der Waals surface area contributed by atoms with Crippen LogP contribution in [0.5, 0.6) is 5.75 Å². The lowest BCUT2D eigenvalue weighted by Crippen LogP contribution is -2.43. The van der Waals surface area contributed by atoms with Gasteiger partial charge in [-0.2, -0.15) is 5.21 Å². The number of para-hydroxylation sites is 1. The second-order valence-electron chi connectivity index (χ2n) is 7.65. The number of nitrogens with zero attached hydrogens (tertiary/aromatic N) is 4. The van der Waals surface area contributed by atoms with Crippen molar-refractivity contribution in [1.29, 1.82) is 0 Å². The van der Waals surface area contributed by atoms with Gasteiger partial charge in [-0.3, -0.25) is 0 Å². The maximum absolute atomic E-state index is 12.1. The molecule has 0 bridgehead atoms. The van der Waals surface area contributed by atoms with E-state index in [4.69, 9.17) is 10.5 Å². The number of carbonyl (C=O) groups excluding carboxylic acids is 1. The molecule has 3 N–H and O–H groups in total. The van der Waals surface area contributed by atoms with Crippen LogP contribution in [-0.2, 0) is 0 Å². The first-order valence-electron chi connectivity index (χ1n) is 10.2. The minimum Gasteiger partial charge on any atom is -0.493 e. The molecule has 0 spiro atoms. The molecule has 1 aliphatic rings. The third kappa shape index (κ3) is 3.85. The molecule has 1 aliphatic heterocycles. The van der Waals surface area contributed by atoms with Crippen molar-refractivity contribution in [2.75, 3.05) is 13.2 Å². The number of rotatable bonds is 5. The summed E-state index contributed by atoms with van der Waals surface area (Å²) >= 11 is 0. The van der Waals surface area contributed by atoms with Crippen LogP contribution in [0.3, 0.4) is 0 Å². The molecule has 1 aromatic heterocycles. The van der Waals surface area contributed by atoms with Crippen molar-refractivity contribution in [3.63, 3.8) is 0 Å². The van der Waals surface area contributed by atoms with Gasteiger partial charge in [-0.25, -0.2) is 4.79 Å². The highest BCUT2D eigenvalue weighted by Crippen LogP contribution is 2.40. The molecule has 0 aliphatic carbocycles. The molecule has 30 heavy (non-hydrogen) atoms. The highest BCUT2D eigenvalue weighted by atomic mass is 16.5. The molecule has 8 nitrogen and oxygen atoms in total. The quantitative estimate of drug-likeness (QED) is 0.670. The summed E-state index contributed by atoms with van der Waals surface area (Å²) < 4.78 is 5.84. The van der Waals surface area contributed by atoms with Gasteiger partial charge in [0.2, 0.25) is 5.82 Å². The van der Waals surface area contributed by atoms with Gasteiger partial charge in [-0.1, -0.05) is 37.3 Å². The summed E-state index contributed by atoms with van der Waals surface area (Å²) in [5, 5.41) is 14.7. The zero-order valence-corrected chi connectivity index (χ0v) is 17.2. The van der Waals surface area contributed by atoms with Crippen LogP contribution in [0.25, 0.3) is 22.5 Å². The first-order valence-corrected chi connectivity index (χ1v) is 10.2. The summed E-state index contributed by atoms with van der Waals surface area (Å²) in [5.41, 5.74) is 9.42. The van der Waals surface area contributed by atoms with Crippen LogP contribution in [0.15, 0.2) is 42.5 Å². The number of hydrogen-bond acceptors (Lipinski definition) is 5. The summed E-state index contributed by atoms with van der Waals surface area (Å²) in [7, 11) is 0. The number of primary amides is 1. The third-order valence-corrected chi connectivity index (χ3v) is 5.64. The standard InChI is InChI=1S/C22H26N6O2/c1-3-30-20-7-5-4-6-17(20)16-9-8-15(13-18(16)21-24-26-27-25-21)19-12-14(2)10-11-28(19)22(23)29/h4-9,13-14,19H,3,10-12H2,1-2H3,(H2,23,29)(H,24,25,26,27). The van der Waals surface area contributed by atoms with Crippen LogP contribution in [0.1, 0.15) is 38.3 Å². The minimum absolute atomic E-state index is 0.0758. The molecule has 2 aromatic carbocycles. The Morgan fingerprint density at radius 3 is 2.80 bits per heavy atom. The predicted octanol–water partition coefficient (Wildman–Crippen LogP) is 3.78. The van der Waals surface area contributed by atoms with Gasteiger partial charge in [0.15, 0.2) is 0 Å². The van der Waals surface area contributed by atoms with Gasteiger partial charge in [0.1, 0.15) is 5.75 Å². The number of tetrazole rings is 1. The Morgan fingerprint density at radius 2 is 2.07 bits per heavy atom. The maximum atomic E-state index is 12.1. The van der Waals surface area contributed by atoms with E-state index in [2.05, 4.69) is 33.6 Å². The third-order valence-electron chi connectivity index (χ3n) is 5.64. The molecule has 2 amide bonds. The zero-order valence-electron chi connectivity index (χ0n) is 17.2. The lowest BCUT2D eigenvalue weighted by molar-refractivity contribution is 0.139. The van der Waals surface area contributed by atoms with Gasteiger partial charge in [0.05, 0.1) is 12.6 Å². The number of ether oxygens (including phenoxy) is 1. The number of carbonyl (C=O) groups is 1. The van der Waals surface area contributed by atoms with Crippen molar-refractivity contribution < 1.29 is 9.53 Å². The van der Waals surface area contributed by atoms with E-state index in [0.717, 1.165) is 40.8 Å². The fourth-order valence-electron chi connectivity index (χ4n) is 4.16. The topological polar surface area (TPSA) is 110 Å². The van der Waals surface area contributed by atoms with Crippen molar-refractivity contribution in [3.8, 4) is 28.3 Å². The van der Waals surface area contributed by atoms with Crippen molar-refractivity contribution >= 4 is 6.03 Å². The molecule has 156 valence electrons. The first kappa shape index (κ1) is 19.9. The molecule has 0 radical (unpaired) electrons. The number of benzene rings is 2. The number of nitrogens with one attached hydrogen (secondary N) is 1. The lowest BCUT2D eigenvalue weighted by atomic mass is 9.86. The highest BCUT2D eigenvalue weighted by molar-refractivity contribution is 5.84. The molecular weight excluding hydrogens is 380 g/mol. The van der Waals surface area contributed by atoms with Gasteiger partial charge in [-0.05, 0) is 54.2 Å². The SMILES string of the molecule is CCOc1ccccc1-c1ccc(C2CC(C)CCN2C(N)=O)cc1-c1nn[nH]n1. The van der Waals surface area contributed by atoms with Crippen molar-refractivity contribution in [2.24, 2.45) is 11.7 Å². The summed E-state index contributed by atoms with van der Waals surface area (Å²) in [6.45, 7) is 5.40. The zero-order chi connectivity index (χ0) is 21.1. The Bertz CT molecular complexity index is 1020. The molecule has 1 saturated heterocycles. The second kappa shape index (κ2) is 8.52. The number of nitrogens with two attached hydrogens (primary N) is 1. The minimum atomic E-state index is -0.390. The summed E-state index contributed by atoms with van der Waals surface area (Å²) in [5.74, 6) is 1.80. The molecular formula is C22H26N6O2. The van der Waals surface area contributed by atoms with Gasteiger partial charge in [0.25, 0.3) is 0 Å². The first-order chi connectivity index (χ1) is 14.6. The summed E-state index contributed by atoms with van der Waals surface area (Å²) in [4.78, 5) is 13.8. The molecule has 2 unspecified atom stereocenters. The summed E-state index contributed by atoms with van der Waals surface area (Å²) in [6.07, 6.45) is 1.82. The normalized spacial score (nSPS) is 18.9. The summed E-state index contributed by atoms with van der Waals surface area (Å²) in [6, 6.07) is 13.6. The van der Waals surface area contributed by atoms with Gasteiger partial charge in [-0.15, -0.1) is 10.2 Å². The van der Waals surface area contributed by atoms with Crippen LogP contribution in [0, 0.1) is 5.92 Å². The van der Waals surface area contributed by atoms with E-state index in [1.165, 1.54) is 0 Å². The number of aromatic nitrogens is 4. The van der Waals surface area contributed by atoms with E-state index >= 15 is 0 Å². The Hall–Kier alpha value is -3.42. The van der Waals surface area contributed by atoms with Gasteiger partial charge < -0.3 is 15.4 Å². The monoisotopic (exact) mass is 406 g/mol. The smallest absolute Gasteiger partial charge is 0.315 e. The van der Waals surface area contributed by atoms with Crippen LogP contribution in [-0.4, -0.2) is 44.7 Å². The van der Waals surface area contributed by atoms with Crippen LogP contribution >= 0.6 is 0 Å². The number of urea groups is 1. The number of piperidine rings is 1. The fourth-order valence-corrected chi connectivity index (χ4v) is 4.16. The van der Waals surface area contributed by atoms with E-state index < -0.39 is 6.03 Å². The Labute approximate surface area is 175 Å². The molecule has 3 aromatic rings. The average Bonchev–Trinajstić information content (AvgIpc) is 3.28. The Balaban J connectivity index is 1.83. The van der Waals surface area contributed by atoms with Crippen LogP contribution in [0.4, 0.5) is 4.79 Å². The lowest BCUT2D eigenvalue weighted by Gasteiger charge is -2.38. The Kier molecular flexibility index (Phi) is 5.65. The van der Waals surface area contributed by atoms with Crippen molar-refractivity contribution in [2.45, 2.75) is 32.7 Å². The van der Waals surface area contributed by atoms with E-state index in [-0.39, 0.29) is 6.04 Å². The molecule has 2 atom stereocenters. The molecule has 1 fully saturated rings. The largest absolute Gasteiger partial charge is 0.493 e. The Morgan fingerprint density at radius 1 is 1.23 bits per heavy atom. The molecule has 0 saturated carbocycles. The predicted molar refractivity (Wildman–Crippen MR) is 114 cm³/mol. The highest BCUT2D eigenvalue weighted by Gasteiger charge is 2.30. The number of amides is 2. The van der Waals surface area contributed by atoms with E-state index in [9.17, 15) is 4.79 Å². The molecule has 8 heteroatoms. The number of H-pyrrole nitrogens is 1. The van der Waals surface area contributed by atoms with E-state index in [1.54, 1.807) is 4.90 Å². The van der Waals surface area contributed by atoms with Crippen LogP contribution in [0.2, 0.25) is 0 Å². The van der Waals surface area contributed by atoms with E-state index in [0.29, 0.717) is 24.9 Å². The number of hydrogen-bond donors (Lipinski definition) is 2. The fraction of sp³-hybridized carbons (Fsp3) is 0.364. The number of likely N-dealkylation sites (tertiary alicyclic amines) is 1. The number of aromatic amines is 1. The second-order valence-corrected chi connectivity index (χ2v) is 7.65.